The summed E-state index contributed by atoms with van der Waals surface area (Å²) in [7, 11) is -1.03. The number of aliphatic hydroxyl groups is 1. The van der Waals surface area contributed by atoms with Crippen molar-refractivity contribution in [2.45, 2.75) is 167 Å². The summed E-state index contributed by atoms with van der Waals surface area (Å²) in [6.45, 7) is 12.6. The van der Waals surface area contributed by atoms with Crippen molar-refractivity contribution in [1.29, 1.82) is 0 Å². The highest BCUT2D eigenvalue weighted by molar-refractivity contribution is 6.78. The summed E-state index contributed by atoms with van der Waals surface area (Å²) < 4.78 is 11.8. The molecule has 0 unspecified atom stereocenters. The normalized spacial score (nSPS) is 27.8. The van der Waals surface area contributed by atoms with Crippen molar-refractivity contribution in [3.05, 3.63) is 29.3 Å². The van der Waals surface area contributed by atoms with E-state index in [9.17, 15) is 4.79 Å². The average molecular weight is 641 g/mol. The molecule has 1 aromatic rings. The number of rotatable bonds is 16. The Morgan fingerprint density at radius 1 is 0.822 bits per heavy atom. The molecule has 5 heteroatoms. The molecule has 3 fully saturated rings. The highest BCUT2D eigenvalue weighted by atomic mass is 28.3. The Kier molecular flexibility index (Phi) is 14.8. The average Bonchev–Trinajstić information content (AvgIpc) is 3.06. The van der Waals surface area contributed by atoms with Crippen molar-refractivity contribution in [2.24, 2.45) is 29.6 Å². The van der Waals surface area contributed by atoms with Gasteiger partial charge in [-0.25, -0.2) is 0 Å². The van der Waals surface area contributed by atoms with Crippen LogP contribution in [0.15, 0.2) is 18.2 Å². The lowest BCUT2D eigenvalue weighted by Crippen LogP contribution is -2.36. The predicted octanol–water partition coefficient (Wildman–Crippen LogP) is 11.1. The summed E-state index contributed by atoms with van der Waals surface area (Å²) in [5.74, 6) is 5.03. The molecular formula is C40H68O4Si. The van der Waals surface area contributed by atoms with E-state index in [1.54, 1.807) is 6.04 Å². The van der Waals surface area contributed by atoms with Crippen LogP contribution in [0.5, 0.6) is 5.75 Å². The first-order valence-electron chi connectivity index (χ1n) is 19.2. The van der Waals surface area contributed by atoms with Gasteiger partial charge in [0.15, 0.2) is 0 Å². The standard InChI is InChI=1S/C40H68O4Si/c1-6-7-27-45(4,5)38-22-19-34(20-23-38)33-13-11-31(12-14-33)32-15-17-35(18-16-32)36-21-24-39(43-26-10-8-9-25-41)37(28-36)29-44-40(42)30(2)3/h21,24,28,30-35,38,41H,6-20,22-23,25-27,29H2,1-5H3. The number of unbranched alkanes of at least 4 members (excludes halogenated alkanes) is 3. The van der Waals surface area contributed by atoms with Crippen LogP contribution in [0.2, 0.25) is 24.7 Å². The minimum atomic E-state index is -1.03. The molecule has 3 aliphatic rings. The number of ether oxygens (including phenoxy) is 2. The first kappa shape index (κ1) is 36.5. The van der Waals surface area contributed by atoms with Crippen LogP contribution in [-0.2, 0) is 16.1 Å². The number of benzene rings is 1. The predicted molar refractivity (Wildman–Crippen MR) is 191 cm³/mol. The summed E-state index contributed by atoms with van der Waals surface area (Å²) in [5.41, 5.74) is 3.46. The Morgan fingerprint density at radius 2 is 1.40 bits per heavy atom. The second-order valence-corrected chi connectivity index (χ2v) is 21.5. The van der Waals surface area contributed by atoms with Crippen molar-refractivity contribution >= 4 is 14.0 Å². The largest absolute Gasteiger partial charge is 0.493 e. The maximum absolute atomic E-state index is 12.2. The maximum Gasteiger partial charge on any atom is 0.308 e. The van der Waals surface area contributed by atoms with Gasteiger partial charge in [0.1, 0.15) is 12.4 Å². The van der Waals surface area contributed by atoms with Crippen LogP contribution in [0, 0.1) is 29.6 Å². The number of carbonyl (C=O) groups excluding carboxylic acids is 1. The molecule has 256 valence electrons. The Morgan fingerprint density at radius 3 is 1.96 bits per heavy atom. The fourth-order valence-electron chi connectivity index (χ4n) is 9.22. The number of aliphatic hydroxyl groups excluding tert-OH is 1. The molecule has 3 aliphatic carbocycles. The van der Waals surface area contributed by atoms with E-state index in [4.69, 9.17) is 14.6 Å². The molecule has 4 nitrogen and oxygen atoms in total. The molecule has 0 aliphatic heterocycles. The third-order valence-electron chi connectivity index (χ3n) is 12.4. The summed E-state index contributed by atoms with van der Waals surface area (Å²) in [4.78, 5) is 12.2. The third-order valence-corrected chi connectivity index (χ3v) is 16.9. The molecule has 3 saturated carbocycles. The molecule has 1 aromatic carbocycles. The molecule has 0 heterocycles. The van der Waals surface area contributed by atoms with E-state index in [0.717, 1.165) is 59.8 Å². The highest BCUT2D eigenvalue weighted by Crippen LogP contribution is 2.49. The van der Waals surface area contributed by atoms with Gasteiger partial charge in [-0.2, -0.15) is 0 Å². The zero-order chi connectivity index (χ0) is 32.2. The Balaban J connectivity index is 1.24. The zero-order valence-corrected chi connectivity index (χ0v) is 30.8. The van der Waals surface area contributed by atoms with Gasteiger partial charge in [-0.05, 0) is 123 Å². The van der Waals surface area contributed by atoms with Crippen molar-refractivity contribution in [1.82, 2.24) is 0 Å². The van der Waals surface area contributed by atoms with Crippen LogP contribution in [0.4, 0.5) is 0 Å². The van der Waals surface area contributed by atoms with Gasteiger partial charge >= 0.3 is 5.97 Å². The van der Waals surface area contributed by atoms with E-state index in [-0.39, 0.29) is 25.1 Å². The Hall–Kier alpha value is -1.33. The van der Waals surface area contributed by atoms with Crippen LogP contribution in [0.3, 0.4) is 0 Å². The van der Waals surface area contributed by atoms with Gasteiger partial charge in [0, 0.05) is 12.2 Å². The second-order valence-electron chi connectivity index (χ2n) is 16.3. The summed E-state index contributed by atoms with van der Waals surface area (Å²) in [6, 6.07) is 8.17. The van der Waals surface area contributed by atoms with Crippen molar-refractivity contribution in [3.8, 4) is 5.75 Å². The topological polar surface area (TPSA) is 55.8 Å². The van der Waals surface area contributed by atoms with Gasteiger partial charge in [-0.15, -0.1) is 0 Å². The van der Waals surface area contributed by atoms with Crippen LogP contribution in [-0.4, -0.2) is 32.4 Å². The zero-order valence-electron chi connectivity index (χ0n) is 29.8. The highest BCUT2D eigenvalue weighted by Gasteiger charge is 2.38. The Bertz CT molecular complexity index is 998. The fourth-order valence-corrected chi connectivity index (χ4v) is 12.8. The third kappa shape index (κ3) is 10.8. The van der Waals surface area contributed by atoms with Crippen LogP contribution in [0.25, 0.3) is 0 Å². The summed E-state index contributed by atoms with van der Waals surface area (Å²) >= 11 is 0. The number of carbonyl (C=O) groups is 1. The maximum atomic E-state index is 12.2. The molecule has 4 rings (SSSR count). The van der Waals surface area contributed by atoms with E-state index in [0.29, 0.717) is 12.5 Å². The minimum absolute atomic E-state index is 0.134. The number of hydrogen-bond donors (Lipinski definition) is 1. The van der Waals surface area contributed by atoms with Gasteiger partial charge in [-0.1, -0.05) is 84.5 Å². The first-order valence-corrected chi connectivity index (χ1v) is 22.5. The van der Waals surface area contributed by atoms with E-state index in [2.05, 4.69) is 38.2 Å². The lowest BCUT2D eigenvalue weighted by atomic mass is 9.65. The van der Waals surface area contributed by atoms with Crippen LogP contribution in [0.1, 0.15) is 147 Å². The van der Waals surface area contributed by atoms with E-state index >= 15 is 0 Å². The van der Waals surface area contributed by atoms with Gasteiger partial charge in [0.25, 0.3) is 0 Å². The van der Waals surface area contributed by atoms with Gasteiger partial charge in [0.2, 0.25) is 0 Å². The van der Waals surface area contributed by atoms with Gasteiger partial charge < -0.3 is 14.6 Å². The molecule has 0 aromatic heterocycles. The number of esters is 1. The molecule has 0 spiro atoms. The van der Waals surface area contributed by atoms with Crippen molar-refractivity contribution in [2.75, 3.05) is 13.2 Å². The summed E-state index contributed by atoms with van der Waals surface area (Å²) in [5, 5.41) is 9.06. The monoisotopic (exact) mass is 640 g/mol. The Labute approximate surface area is 277 Å². The van der Waals surface area contributed by atoms with E-state index < -0.39 is 8.07 Å². The first-order chi connectivity index (χ1) is 21.7. The molecule has 0 bridgehead atoms. The van der Waals surface area contributed by atoms with E-state index in [1.165, 1.54) is 95.5 Å². The molecular weight excluding hydrogens is 573 g/mol. The van der Waals surface area contributed by atoms with Crippen LogP contribution < -0.4 is 4.74 Å². The lowest BCUT2D eigenvalue weighted by Gasteiger charge is -2.43. The minimum Gasteiger partial charge on any atom is -0.493 e. The smallest absolute Gasteiger partial charge is 0.308 e. The van der Waals surface area contributed by atoms with Crippen LogP contribution >= 0.6 is 0 Å². The quantitative estimate of drug-likeness (QED) is 0.111. The molecule has 0 radical (unpaired) electrons. The molecule has 0 amide bonds. The summed E-state index contributed by atoms with van der Waals surface area (Å²) in [6.07, 6.45) is 22.9. The fraction of sp³-hybridized carbons (Fsp3) is 0.825. The van der Waals surface area contributed by atoms with Crippen molar-refractivity contribution in [3.63, 3.8) is 0 Å². The van der Waals surface area contributed by atoms with Crippen molar-refractivity contribution < 1.29 is 19.4 Å². The van der Waals surface area contributed by atoms with Gasteiger partial charge in [-0.3, -0.25) is 4.79 Å². The number of hydrogen-bond acceptors (Lipinski definition) is 4. The van der Waals surface area contributed by atoms with Gasteiger partial charge in [0.05, 0.1) is 20.6 Å². The molecule has 0 saturated heterocycles. The molecule has 1 N–H and O–H groups in total. The molecule has 0 atom stereocenters. The van der Waals surface area contributed by atoms with E-state index in [1.807, 2.05) is 13.8 Å². The SMILES string of the molecule is CCCC[Si](C)(C)C1CCC(C2CCC(C3CCC(c4ccc(OCCCCCO)c(COC(=O)C(C)C)c4)CC3)CC2)CC1. The second kappa shape index (κ2) is 18.3. The lowest BCUT2D eigenvalue weighted by molar-refractivity contribution is -0.148. The molecule has 45 heavy (non-hydrogen) atoms.